The van der Waals surface area contributed by atoms with E-state index in [1.807, 2.05) is 0 Å². The van der Waals surface area contributed by atoms with Gasteiger partial charge in [-0.2, -0.15) is 0 Å². The van der Waals surface area contributed by atoms with Crippen molar-refractivity contribution in [3.05, 3.63) is 181 Å². The number of rotatable bonds is 6. The van der Waals surface area contributed by atoms with Gasteiger partial charge in [0.1, 0.15) is 0 Å². The summed E-state index contributed by atoms with van der Waals surface area (Å²) in [6.45, 7) is 12.8. The minimum absolute atomic E-state index is 0.000227. The highest BCUT2D eigenvalue weighted by Gasteiger charge is 2.61. The van der Waals surface area contributed by atoms with Gasteiger partial charge in [-0.15, -0.1) is 0 Å². The van der Waals surface area contributed by atoms with Gasteiger partial charge in [0.2, 0.25) is 0 Å². The van der Waals surface area contributed by atoms with Gasteiger partial charge in [0.15, 0.2) is 0 Å². The first kappa shape index (κ1) is 37.5. The van der Waals surface area contributed by atoms with Gasteiger partial charge in [-0.05, 0) is 130 Å². The highest BCUT2D eigenvalue weighted by molar-refractivity contribution is 7.00. The molecule has 8 aromatic rings. The second-order valence-electron chi connectivity index (χ2n) is 19.7. The van der Waals surface area contributed by atoms with Crippen molar-refractivity contribution in [3.8, 4) is 11.1 Å². The van der Waals surface area contributed by atoms with Crippen LogP contribution in [0.2, 0.25) is 19.6 Å². The summed E-state index contributed by atoms with van der Waals surface area (Å²) in [5.41, 5.74) is 18.4. The molecule has 1 aliphatic carbocycles. The maximum atomic E-state index is 2.87. The summed E-state index contributed by atoms with van der Waals surface area (Å²) in [5.74, 6) is 0. The topological polar surface area (TPSA) is 9.72 Å². The molecule has 3 heterocycles. The van der Waals surface area contributed by atoms with Crippen LogP contribution < -0.4 is 36.3 Å². The molecular formula is C57H52BN3Si. The Bertz CT molecular complexity index is 3080. The van der Waals surface area contributed by atoms with Crippen molar-refractivity contribution in [1.29, 1.82) is 0 Å². The van der Waals surface area contributed by atoms with Crippen LogP contribution >= 0.6 is 0 Å². The molecule has 5 heteroatoms. The molecule has 3 nitrogen and oxygen atoms in total. The summed E-state index contributed by atoms with van der Waals surface area (Å²) < 4.78 is 0. The van der Waals surface area contributed by atoms with E-state index in [2.05, 4.69) is 224 Å². The fraction of sp³-hybridized carbons (Fsp3) is 0.193. The first-order chi connectivity index (χ1) is 30.1. The van der Waals surface area contributed by atoms with Crippen molar-refractivity contribution < 1.29 is 0 Å². The summed E-state index contributed by atoms with van der Waals surface area (Å²) in [6.07, 6.45) is 4.99. The maximum Gasteiger partial charge on any atom is 0.252 e. The zero-order valence-electron chi connectivity index (χ0n) is 36.5. The third-order valence-corrected chi connectivity index (χ3v) is 17.3. The molecule has 0 aromatic heterocycles. The summed E-state index contributed by atoms with van der Waals surface area (Å²) in [6, 6.07) is 66.5. The van der Waals surface area contributed by atoms with Gasteiger partial charge in [-0.1, -0.05) is 154 Å². The van der Waals surface area contributed by atoms with Gasteiger partial charge in [0, 0.05) is 50.9 Å². The summed E-state index contributed by atoms with van der Waals surface area (Å²) >= 11 is 0. The predicted octanol–water partition coefficient (Wildman–Crippen LogP) is 12.9. The van der Waals surface area contributed by atoms with Crippen molar-refractivity contribution in [3.63, 3.8) is 0 Å². The molecule has 1 fully saturated rings. The molecule has 0 saturated heterocycles. The quantitative estimate of drug-likeness (QED) is 0.155. The highest BCUT2D eigenvalue weighted by atomic mass is 28.3. The molecule has 0 N–H and O–H groups in total. The Balaban J connectivity index is 1.11. The van der Waals surface area contributed by atoms with Crippen LogP contribution in [-0.2, 0) is 5.41 Å². The molecule has 0 bridgehead atoms. The monoisotopic (exact) mass is 817 g/mol. The Labute approximate surface area is 368 Å². The van der Waals surface area contributed by atoms with Crippen LogP contribution in [0.3, 0.4) is 0 Å². The molecule has 0 amide bonds. The van der Waals surface area contributed by atoms with E-state index in [0.717, 1.165) is 17.1 Å². The molecule has 302 valence electrons. The van der Waals surface area contributed by atoms with Crippen LogP contribution in [0.5, 0.6) is 0 Å². The number of hydrogen-bond acceptors (Lipinski definition) is 3. The second kappa shape index (κ2) is 13.6. The van der Waals surface area contributed by atoms with Gasteiger partial charge in [0.05, 0.1) is 13.6 Å². The SMILES string of the molecule is CC12CCCCC1(C)N1c3cc([Si](C)(C)C)cc4c3B(c3ccc(N(c5ccccc5)c5cccc(-c6ccc7ccccc7c6)c5)cc3N4c3ccccc3)c3cccc2c31. The largest absolute Gasteiger partial charge is 0.335 e. The molecule has 2 atom stereocenters. The Morgan fingerprint density at radius 2 is 1.21 bits per heavy atom. The number of benzene rings is 8. The maximum absolute atomic E-state index is 2.87. The first-order valence-corrected chi connectivity index (χ1v) is 26.2. The van der Waals surface area contributed by atoms with Crippen LogP contribution in [0.4, 0.5) is 45.5 Å². The van der Waals surface area contributed by atoms with E-state index in [-0.39, 0.29) is 17.7 Å². The first-order valence-electron chi connectivity index (χ1n) is 22.7. The van der Waals surface area contributed by atoms with E-state index in [4.69, 9.17) is 0 Å². The van der Waals surface area contributed by atoms with Crippen LogP contribution in [0, 0.1) is 0 Å². The van der Waals surface area contributed by atoms with E-state index >= 15 is 0 Å². The number of fused-ring (bicyclic) bond motifs is 8. The molecule has 4 aliphatic rings. The predicted molar refractivity (Wildman–Crippen MR) is 269 cm³/mol. The molecule has 3 aliphatic heterocycles. The molecular weight excluding hydrogens is 766 g/mol. The van der Waals surface area contributed by atoms with Crippen molar-refractivity contribution in [2.75, 3.05) is 14.7 Å². The molecule has 0 radical (unpaired) electrons. The Morgan fingerprint density at radius 3 is 2.02 bits per heavy atom. The average molecular weight is 818 g/mol. The van der Waals surface area contributed by atoms with E-state index in [1.165, 1.54) is 97.6 Å². The normalized spacial score (nSPS) is 19.5. The second-order valence-corrected chi connectivity index (χ2v) is 24.8. The summed E-state index contributed by atoms with van der Waals surface area (Å²) in [4.78, 5) is 7.93. The smallest absolute Gasteiger partial charge is 0.252 e. The number of hydrogen-bond donors (Lipinski definition) is 0. The average Bonchev–Trinajstić information content (AvgIpc) is 3.51. The third-order valence-electron chi connectivity index (χ3n) is 15.3. The van der Waals surface area contributed by atoms with Gasteiger partial charge < -0.3 is 14.7 Å². The van der Waals surface area contributed by atoms with Gasteiger partial charge >= 0.3 is 0 Å². The highest BCUT2D eigenvalue weighted by Crippen LogP contribution is 2.61. The Hall–Kier alpha value is -6.30. The van der Waals surface area contributed by atoms with Gasteiger partial charge in [-0.3, -0.25) is 0 Å². The van der Waals surface area contributed by atoms with Crippen molar-refractivity contribution >= 4 is 92.6 Å². The fourth-order valence-corrected chi connectivity index (χ4v) is 13.0. The zero-order chi connectivity index (χ0) is 42.0. The molecule has 0 spiro atoms. The number of para-hydroxylation sites is 3. The van der Waals surface area contributed by atoms with Crippen LogP contribution in [0.15, 0.2) is 176 Å². The molecule has 8 aromatic carbocycles. The minimum atomic E-state index is -1.79. The summed E-state index contributed by atoms with van der Waals surface area (Å²) in [7, 11) is -1.79. The lowest BCUT2D eigenvalue weighted by atomic mass is 9.33. The zero-order valence-corrected chi connectivity index (χ0v) is 37.5. The molecule has 12 rings (SSSR count). The standard InChI is InChI=1S/C57H52BN3Si/c1-56-32-14-15-33-57(56,2)61-53-38-47(62(3,4)5)37-52-54(53)58(50-27-17-26-48(56)55(50)61)49-31-30-46(36-51(49)60(52)44-23-10-7-11-24-44)59(43-21-8-6-9-22-43)45-25-16-20-41(35-45)42-29-28-39-18-12-13-19-40(39)34-42/h6-13,16-31,34-38H,14-15,32-33H2,1-5H3. The van der Waals surface area contributed by atoms with Gasteiger partial charge in [0.25, 0.3) is 6.71 Å². The van der Waals surface area contributed by atoms with Crippen LogP contribution in [-0.4, -0.2) is 20.3 Å². The molecule has 2 unspecified atom stereocenters. The van der Waals surface area contributed by atoms with Crippen molar-refractivity contribution in [1.82, 2.24) is 0 Å². The lowest BCUT2D eigenvalue weighted by Crippen LogP contribution is -2.65. The van der Waals surface area contributed by atoms with E-state index < -0.39 is 8.07 Å². The van der Waals surface area contributed by atoms with Crippen molar-refractivity contribution in [2.45, 2.75) is 70.1 Å². The van der Waals surface area contributed by atoms with Gasteiger partial charge in [-0.25, -0.2) is 0 Å². The fourth-order valence-electron chi connectivity index (χ4n) is 11.9. The lowest BCUT2D eigenvalue weighted by Gasteiger charge is -2.53. The minimum Gasteiger partial charge on any atom is -0.335 e. The van der Waals surface area contributed by atoms with Crippen LogP contribution in [0.25, 0.3) is 21.9 Å². The molecule has 1 saturated carbocycles. The van der Waals surface area contributed by atoms with E-state index in [9.17, 15) is 0 Å². The number of nitrogens with zero attached hydrogens (tertiary/aromatic N) is 3. The van der Waals surface area contributed by atoms with E-state index in [0.29, 0.717) is 0 Å². The lowest BCUT2D eigenvalue weighted by molar-refractivity contribution is 0.195. The van der Waals surface area contributed by atoms with Crippen LogP contribution in [0.1, 0.15) is 45.1 Å². The van der Waals surface area contributed by atoms with E-state index in [1.54, 1.807) is 5.56 Å². The Morgan fingerprint density at radius 1 is 0.532 bits per heavy atom. The summed E-state index contributed by atoms with van der Waals surface area (Å²) in [5, 5.41) is 4.02. The third kappa shape index (κ3) is 5.37. The molecule has 62 heavy (non-hydrogen) atoms. The Kier molecular flexibility index (Phi) is 8.22. The number of anilines is 8. The van der Waals surface area contributed by atoms with Crippen molar-refractivity contribution in [2.24, 2.45) is 0 Å².